The van der Waals surface area contributed by atoms with Gasteiger partial charge in [-0.3, -0.25) is 4.79 Å². The standard InChI is InChI=1S/C18H18FNO4/c1-2-23-15-9-7-13(8-10-15)18(22)24-12-17(21)20-11-14-5-3-4-6-16(14)19/h3-10H,2,11-12H2,1H3,(H,20,21). The molecule has 0 fully saturated rings. The lowest BCUT2D eigenvalue weighted by atomic mass is 10.2. The van der Waals surface area contributed by atoms with Crippen LogP contribution in [-0.4, -0.2) is 25.1 Å². The summed E-state index contributed by atoms with van der Waals surface area (Å²) < 4.78 is 23.6. The number of hydrogen-bond acceptors (Lipinski definition) is 4. The summed E-state index contributed by atoms with van der Waals surface area (Å²) >= 11 is 0. The van der Waals surface area contributed by atoms with Gasteiger partial charge in [0, 0.05) is 12.1 Å². The summed E-state index contributed by atoms with van der Waals surface area (Å²) in [5, 5.41) is 2.50. The number of nitrogens with one attached hydrogen (secondary N) is 1. The molecule has 0 radical (unpaired) electrons. The van der Waals surface area contributed by atoms with E-state index in [9.17, 15) is 14.0 Å². The lowest BCUT2D eigenvalue weighted by molar-refractivity contribution is -0.124. The molecule has 0 saturated carbocycles. The van der Waals surface area contributed by atoms with Crippen molar-refractivity contribution in [2.24, 2.45) is 0 Å². The number of carbonyl (C=O) groups excluding carboxylic acids is 2. The summed E-state index contributed by atoms with van der Waals surface area (Å²) in [4.78, 5) is 23.5. The van der Waals surface area contributed by atoms with E-state index in [-0.39, 0.29) is 6.54 Å². The van der Waals surface area contributed by atoms with E-state index >= 15 is 0 Å². The molecule has 0 spiro atoms. The molecule has 5 nitrogen and oxygen atoms in total. The Bertz CT molecular complexity index is 700. The van der Waals surface area contributed by atoms with Gasteiger partial charge in [-0.25, -0.2) is 9.18 Å². The average Bonchev–Trinajstić information content (AvgIpc) is 2.60. The van der Waals surface area contributed by atoms with Crippen LogP contribution in [0.3, 0.4) is 0 Å². The van der Waals surface area contributed by atoms with Gasteiger partial charge in [-0.1, -0.05) is 18.2 Å². The number of halogens is 1. The Morgan fingerprint density at radius 1 is 1.08 bits per heavy atom. The second-order valence-corrected chi connectivity index (χ2v) is 4.90. The zero-order valence-electron chi connectivity index (χ0n) is 13.3. The van der Waals surface area contributed by atoms with Crippen molar-refractivity contribution in [2.45, 2.75) is 13.5 Å². The van der Waals surface area contributed by atoms with E-state index < -0.39 is 24.3 Å². The van der Waals surface area contributed by atoms with E-state index in [2.05, 4.69) is 5.32 Å². The van der Waals surface area contributed by atoms with E-state index in [4.69, 9.17) is 9.47 Å². The minimum Gasteiger partial charge on any atom is -0.494 e. The predicted octanol–water partition coefficient (Wildman–Crippen LogP) is 2.70. The highest BCUT2D eigenvalue weighted by Gasteiger charge is 2.11. The van der Waals surface area contributed by atoms with Gasteiger partial charge in [-0.15, -0.1) is 0 Å². The number of esters is 1. The third-order valence-corrected chi connectivity index (χ3v) is 3.17. The van der Waals surface area contributed by atoms with E-state index in [1.807, 2.05) is 6.92 Å². The molecule has 0 unspecified atom stereocenters. The second-order valence-electron chi connectivity index (χ2n) is 4.90. The quantitative estimate of drug-likeness (QED) is 0.792. The molecule has 0 aromatic heterocycles. The zero-order valence-corrected chi connectivity index (χ0v) is 13.3. The Hall–Kier alpha value is -2.89. The molecule has 24 heavy (non-hydrogen) atoms. The smallest absolute Gasteiger partial charge is 0.338 e. The largest absolute Gasteiger partial charge is 0.494 e. The highest BCUT2D eigenvalue weighted by Crippen LogP contribution is 2.12. The van der Waals surface area contributed by atoms with Crippen LogP contribution in [0.1, 0.15) is 22.8 Å². The molecule has 0 bridgehead atoms. The fourth-order valence-electron chi connectivity index (χ4n) is 1.95. The maximum atomic E-state index is 13.4. The van der Waals surface area contributed by atoms with E-state index in [1.54, 1.807) is 42.5 Å². The Kier molecular flexibility index (Phi) is 6.31. The molecule has 2 aromatic carbocycles. The second kappa shape index (κ2) is 8.67. The third-order valence-electron chi connectivity index (χ3n) is 3.17. The topological polar surface area (TPSA) is 64.6 Å². The fourth-order valence-corrected chi connectivity index (χ4v) is 1.95. The Labute approximate surface area is 139 Å². The van der Waals surface area contributed by atoms with Gasteiger partial charge in [0.15, 0.2) is 6.61 Å². The van der Waals surface area contributed by atoms with Crippen LogP contribution in [0, 0.1) is 5.82 Å². The lowest BCUT2D eigenvalue weighted by Gasteiger charge is -2.08. The molecule has 2 aromatic rings. The van der Waals surface area contributed by atoms with Gasteiger partial charge in [0.25, 0.3) is 5.91 Å². The highest BCUT2D eigenvalue weighted by molar-refractivity contribution is 5.91. The number of hydrogen-bond donors (Lipinski definition) is 1. The summed E-state index contributed by atoms with van der Waals surface area (Å²) in [5.41, 5.74) is 0.684. The number of amides is 1. The molecule has 1 N–H and O–H groups in total. The van der Waals surface area contributed by atoms with Gasteiger partial charge in [0.2, 0.25) is 0 Å². The molecular formula is C18H18FNO4. The van der Waals surface area contributed by atoms with Crippen LogP contribution in [0.5, 0.6) is 5.75 Å². The number of carbonyl (C=O) groups is 2. The Morgan fingerprint density at radius 2 is 1.79 bits per heavy atom. The van der Waals surface area contributed by atoms with Crippen molar-refractivity contribution in [3.63, 3.8) is 0 Å². The van der Waals surface area contributed by atoms with Crippen molar-refractivity contribution in [1.82, 2.24) is 5.32 Å². The highest BCUT2D eigenvalue weighted by atomic mass is 19.1. The minimum absolute atomic E-state index is 0.0338. The Morgan fingerprint density at radius 3 is 2.46 bits per heavy atom. The van der Waals surface area contributed by atoms with Crippen LogP contribution in [0.4, 0.5) is 4.39 Å². The molecule has 0 atom stereocenters. The third kappa shape index (κ3) is 5.08. The van der Waals surface area contributed by atoms with Crippen LogP contribution >= 0.6 is 0 Å². The number of rotatable bonds is 7. The fraction of sp³-hybridized carbons (Fsp3) is 0.222. The van der Waals surface area contributed by atoms with Gasteiger partial charge < -0.3 is 14.8 Å². The van der Waals surface area contributed by atoms with Crippen molar-refractivity contribution in [1.29, 1.82) is 0 Å². The number of benzene rings is 2. The summed E-state index contributed by atoms with van der Waals surface area (Å²) in [5.74, 6) is -0.863. The van der Waals surface area contributed by atoms with Crippen LogP contribution in [0.25, 0.3) is 0 Å². The van der Waals surface area contributed by atoms with Gasteiger partial charge in [-0.05, 0) is 37.3 Å². The molecule has 0 aliphatic rings. The van der Waals surface area contributed by atoms with E-state index in [0.29, 0.717) is 23.5 Å². The van der Waals surface area contributed by atoms with Crippen LogP contribution < -0.4 is 10.1 Å². The molecule has 6 heteroatoms. The van der Waals surface area contributed by atoms with Gasteiger partial charge >= 0.3 is 5.97 Å². The lowest BCUT2D eigenvalue weighted by Crippen LogP contribution is -2.28. The first-order valence-electron chi connectivity index (χ1n) is 7.50. The first-order chi connectivity index (χ1) is 11.6. The molecule has 0 heterocycles. The maximum absolute atomic E-state index is 13.4. The van der Waals surface area contributed by atoms with Gasteiger partial charge in [0.1, 0.15) is 11.6 Å². The van der Waals surface area contributed by atoms with Crippen molar-refractivity contribution < 1.29 is 23.5 Å². The molecule has 0 aliphatic carbocycles. The zero-order chi connectivity index (χ0) is 17.4. The molecular weight excluding hydrogens is 313 g/mol. The maximum Gasteiger partial charge on any atom is 0.338 e. The van der Waals surface area contributed by atoms with Gasteiger partial charge in [0.05, 0.1) is 12.2 Å². The molecule has 0 saturated heterocycles. The van der Waals surface area contributed by atoms with Crippen molar-refractivity contribution in [2.75, 3.05) is 13.2 Å². The summed E-state index contributed by atoms with van der Waals surface area (Å²) in [6.07, 6.45) is 0. The number of ether oxygens (including phenoxy) is 2. The summed E-state index contributed by atoms with van der Waals surface area (Å²) in [6.45, 7) is 2.00. The van der Waals surface area contributed by atoms with Crippen molar-refractivity contribution >= 4 is 11.9 Å². The molecule has 2 rings (SSSR count). The summed E-state index contributed by atoms with van der Waals surface area (Å²) in [7, 11) is 0. The normalized spacial score (nSPS) is 10.1. The summed E-state index contributed by atoms with van der Waals surface area (Å²) in [6, 6.07) is 12.6. The van der Waals surface area contributed by atoms with Crippen LogP contribution in [0.2, 0.25) is 0 Å². The molecule has 0 aliphatic heterocycles. The predicted molar refractivity (Wildman–Crippen MR) is 86.1 cm³/mol. The first-order valence-corrected chi connectivity index (χ1v) is 7.50. The molecule has 1 amide bonds. The van der Waals surface area contributed by atoms with Gasteiger partial charge in [-0.2, -0.15) is 0 Å². The van der Waals surface area contributed by atoms with Crippen molar-refractivity contribution in [3.05, 3.63) is 65.5 Å². The monoisotopic (exact) mass is 331 g/mol. The van der Waals surface area contributed by atoms with Crippen LogP contribution in [0.15, 0.2) is 48.5 Å². The van der Waals surface area contributed by atoms with E-state index in [0.717, 1.165) is 0 Å². The SMILES string of the molecule is CCOc1ccc(C(=O)OCC(=O)NCc2ccccc2F)cc1. The first kappa shape index (κ1) is 17.5. The molecule has 126 valence electrons. The minimum atomic E-state index is -0.612. The Balaban J connectivity index is 1.78. The van der Waals surface area contributed by atoms with E-state index in [1.165, 1.54) is 6.07 Å². The average molecular weight is 331 g/mol. The van der Waals surface area contributed by atoms with Crippen molar-refractivity contribution in [3.8, 4) is 5.75 Å². The van der Waals surface area contributed by atoms with Crippen LogP contribution in [-0.2, 0) is 16.1 Å².